The number of halogens is 3. The third-order valence-electron chi connectivity index (χ3n) is 1.90. The Labute approximate surface area is 74.6 Å². The van der Waals surface area contributed by atoms with Crippen molar-refractivity contribution in [3.05, 3.63) is 0 Å². The van der Waals surface area contributed by atoms with Crippen molar-refractivity contribution in [3.63, 3.8) is 0 Å². The largest absolute Gasteiger partial charge is 0.408 e. The summed E-state index contributed by atoms with van der Waals surface area (Å²) in [6.45, 7) is 2.31. The van der Waals surface area contributed by atoms with E-state index in [4.69, 9.17) is 0 Å². The maximum absolute atomic E-state index is 12.1. The van der Waals surface area contributed by atoms with Gasteiger partial charge in [-0.1, -0.05) is 0 Å². The van der Waals surface area contributed by atoms with Gasteiger partial charge in [0, 0.05) is 13.6 Å². The number of likely N-dealkylation sites (N-methyl/N-ethyl adjacent to an activating group) is 1. The van der Waals surface area contributed by atoms with Crippen LogP contribution in [0, 0.1) is 0 Å². The van der Waals surface area contributed by atoms with Gasteiger partial charge in [0.2, 0.25) is 0 Å². The molecule has 1 unspecified atom stereocenters. The first-order chi connectivity index (χ1) is 5.91. The highest BCUT2D eigenvalue weighted by atomic mass is 19.4. The van der Waals surface area contributed by atoms with Crippen LogP contribution in [0.4, 0.5) is 13.2 Å². The summed E-state index contributed by atoms with van der Waals surface area (Å²) in [7, 11) is 1.71. The molecule has 76 valence electrons. The number of aliphatic imine (C=N–C) groups is 1. The average molecular weight is 195 g/mol. The van der Waals surface area contributed by atoms with Gasteiger partial charge in [-0.3, -0.25) is 4.99 Å². The Bertz CT molecular complexity index is 212. The molecule has 0 radical (unpaired) electrons. The van der Waals surface area contributed by atoms with Gasteiger partial charge in [0.25, 0.3) is 0 Å². The van der Waals surface area contributed by atoms with Crippen LogP contribution in [0.15, 0.2) is 4.99 Å². The van der Waals surface area contributed by atoms with Crippen molar-refractivity contribution in [1.82, 2.24) is 10.2 Å². The van der Waals surface area contributed by atoms with Gasteiger partial charge in [0.1, 0.15) is 6.04 Å². The highest BCUT2D eigenvalue weighted by molar-refractivity contribution is 5.81. The van der Waals surface area contributed by atoms with E-state index in [1.54, 1.807) is 11.9 Å². The zero-order valence-electron chi connectivity index (χ0n) is 7.52. The number of nitrogens with zero attached hydrogens (tertiary/aromatic N) is 2. The molecule has 1 aliphatic rings. The number of nitrogens with one attached hydrogen (secondary N) is 1. The third-order valence-corrected chi connectivity index (χ3v) is 1.90. The SMILES string of the molecule is CC(NC1=NCCN1C)C(F)(F)F. The van der Waals surface area contributed by atoms with E-state index < -0.39 is 12.2 Å². The zero-order valence-corrected chi connectivity index (χ0v) is 7.52. The molecule has 6 heteroatoms. The lowest BCUT2D eigenvalue weighted by molar-refractivity contribution is -0.148. The molecular formula is C7H12F3N3. The first kappa shape index (κ1) is 10.1. The minimum atomic E-state index is -4.22. The lowest BCUT2D eigenvalue weighted by Gasteiger charge is -2.21. The summed E-state index contributed by atoms with van der Waals surface area (Å²) in [6.07, 6.45) is -4.22. The van der Waals surface area contributed by atoms with Crippen molar-refractivity contribution in [2.75, 3.05) is 20.1 Å². The summed E-state index contributed by atoms with van der Waals surface area (Å²) in [6, 6.07) is -1.55. The van der Waals surface area contributed by atoms with Gasteiger partial charge in [0.15, 0.2) is 5.96 Å². The van der Waals surface area contributed by atoms with E-state index in [0.29, 0.717) is 19.0 Å². The Balaban J connectivity index is 2.49. The molecule has 1 rings (SSSR count). The van der Waals surface area contributed by atoms with Crippen LogP contribution in [-0.2, 0) is 0 Å². The Kier molecular flexibility index (Phi) is 2.68. The van der Waals surface area contributed by atoms with Gasteiger partial charge >= 0.3 is 6.18 Å². The summed E-state index contributed by atoms with van der Waals surface area (Å²) >= 11 is 0. The zero-order chi connectivity index (χ0) is 10.1. The molecule has 0 saturated heterocycles. The smallest absolute Gasteiger partial charge is 0.345 e. The molecule has 0 saturated carbocycles. The van der Waals surface area contributed by atoms with E-state index in [-0.39, 0.29) is 0 Å². The van der Waals surface area contributed by atoms with Crippen LogP contribution in [-0.4, -0.2) is 43.2 Å². The van der Waals surface area contributed by atoms with Gasteiger partial charge < -0.3 is 10.2 Å². The molecular weight excluding hydrogens is 183 g/mol. The fourth-order valence-corrected chi connectivity index (χ4v) is 0.964. The minimum absolute atomic E-state index is 0.324. The van der Waals surface area contributed by atoms with Crippen LogP contribution in [0.2, 0.25) is 0 Å². The Morgan fingerprint density at radius 2 is 2.15 bits per heavy atom. The molecule has 1 atom stereocenters. The van der Waals surface area contributed by atoms with Crippen molar-refractivity contribution in [1.29, 1.82) is 0 Å². The Morgan fingerprint density at radius 3 is 2.54 bits per heavy atom. The Morgan fingerprint density at radius 1 is 1.54 bits per heavy atom. The molecule has 3 nitrogen and oxygen atoms in total. The summed E-state index contributed by atoms with van der Waals surface area (Å²) in [5, 5.41) is 2.32. The molecule has 1 aliphatic heterocycles. The molecule has 13 heavy (non-hydrogen) atoms. The molecule has 0 amide bonds. The van der Waals surface area contributed by atoms with Crippen LogP contribution >= 0.6 is 0 Å². The van der Waals surface area contributed by atoms with Crippen LogP contribution < -0.4 is 5.32 Å². The van der Waals surface area contributed by atoms with Crippen molar-refractivity contribution < 1.29 is 13.2 Å². The highest BCUT2D eigenvalue weighted by Crippen LogP contribution is 2.19. The standard InChI is InChI=1S/C7H12F3N3/c1-5(7(8,9)10)12-6-11-3-4-13(6)2/h5H,3-4H2,1-2H3,(H,11,12). The minimum Gasteiger partial charge on any atom is -0.345 e. The lowest BCUT2D eigenvalue weighted by atomic mass is 10.3. The first-order valence-corrected chi connectivity index (χ1v) is 4.00. The first-order valence-electron chi connectivity index (χ1n) is 4.00. The van der Waals surface area contributed by atoms with E-state index >= 15 is 0 Å². The molecule has 0 bridgehead atoms. The van der Waals surface area contributed by atoms with Gasteiger partial charge in [0.05, 0.1) is 6.54 Å². The quantitative estimate of drug-likeness (QED) is 0.671. The molecule has 0 spiro atoms. The van der Waals surface area contributed by atoms with Crippen molar-refractivity contribution >= 4 is 5.96 Å². The Hall–Kier alpha value is -0.940. The molecule has 0 aliphatic carbocycles. The molecule has 0 aromatic carbocycles. The summed E-state index contributed by atoms with van der Waals surface area (Å²) in [5.41, 5.74) is 0. The fourth-order valence-electron chi connectivity index (χ4n) is 0.964. The van der Waals surface area contributed by atoms with Crippen LogP contribution in [0.3, 0.4) is 0 Å². The lowest BCUT2D eigenvalue weighted by Crippen LogP contribution is -2.47. The summed E-state index contributed by atoms with van der Waals surface area (Å²) in [4.78, 5) is 5.57. The van der Waals surface area contributed by atoms with Crippen LogP contribution in [0.25, 0.3) is 0 Å². The molecule has 1 heterocycles. The van der Waals surface area contributed by atoms with E-state index in [0.717, 1.165) is 6.92 Å². The maximum Gasteiger partial charge on any atom is 0.408 e. The average Bonchev–Trinajstić information content (AvgIpc) is 2.34. The van der Waals surface area contributed by atoms with Crippen LogP contribution in [0.5, 0.6) is 0 Å². The second kappa shape index (κ2) is 3.43. The van der Waals surface area contributed by atoms with Gasteiger partial charge in [-0.05, 0) is 6.92 Å². The highest BCUT2D eigenvalue weighted by Gasteiger charge is 2.37. The maximum atomic E-state index is 12.1. The number of hydrogen-bond donors (Lipinski definition) is 1. The molecule has 0 aromatic rings. The third kappa shape index (κ3) is 2.50. The summed E-state index contributed by atoms with van der Waals surface area (Å²) < 4.78 is 36.3. The monoisotopic (exact) mass is 195 g/mol. The normalized spacial score (nSPS) is 20.1. The van der Waals surface area contributed by atoms with Crippen LogP contribution in [0.1, 0.15) is 6.92 Å². The van der Waals surface area contributed by atoms with Crippen molar-refractivity contribution in [2.24, 2.45) is 4.99 Å². The van der Waals surface area contributed by atoms with E-state index in [1.807, 2.05) is 0 Å². The number of guanidine groups is 1. The predicted molar refractivity (Wildman–Crippen MR) is 43.6 cm³/mol. The number of hydrogen-bond acceptors (Lipinski definition) is 3. The summed E-state index contributed by atoms with van der Waals surface area (Å²) in [5.74, 6) is 0.324. The van der Waals surface area contributed by atoms with E-state index in [2.05, 4.69) is 10.3 Å². The van der Waals surface area contributed by atoms with Crippen molar-refractivity contribution in [3.8, 4) is 0 Å². The van der Waals surface area contributed by atoms with Gasteiger partial charge in [-0.2, -0.15) is 13.2 Å². The van der Waals surface area contributed by atoms with Crippen molar-refractivity contribution in [2.45, 2.75) is 19.1 Å². The molecule has 1 N–H and O–H groups in total. The molecule has 0 aromatic heterocycles. The second-order valence-electron chi connectivity index (χ2n) is 3.03. The number of rotatable bonds is 1. The molecule has 0 fully saturated rings. The second-order valence-corrected chi connectivity index (χ2v) is 3.03. The van der Waals surface area contributed by atoms with E-state index in [9.17, 15) is 13.2 Å². The number of alkyl halides is 3. The van der Waals surface area contributed by atoms with E-state index in [1.165, 1.54) is 0 Å². The topological polar surface area (TPSA) is 27.6 Å². The predicted octanol–water partition coefficient (Wildman–Crippen LogP) is 0.828. The van der Waals surface area contributed by atoms with Gasteiger partial charge in [-0.25, -0.2) is 0 Å². The fraction of sp³-hybridized carbons (Fsp3) is 0.857. The van der Waals surface area contributed by atoms with Gasteiger partial charge in [-0.15, -0.1) is 0 Å².